The molecule has 3 aromatic carbocycles. The Hall–Kier alpha value is -7.08. The Labute approximate surface area is 479 Å². The number of anilines is 1. The van der Waals surface area contributed by atoms with Crippen LogP contribution in [0.5, 0.6) is 5.75 Å². The number of carbonyl (C=O) groups is 5. The number of aromatic amines is 1. The summed E-state index contributed by atoms with van der Waals surface area (Å²) < 4.78 is 12.1. The summed E-state index contributed by atoms with van der Waals surface area (Å²) in [6.07, 6.45) is 15.5. The molecule has 6 aliphatic heterocycles. The molecule has 2 fully saturated rings. The average Bonchev–Trinajstić information content (AvgIpc) is 1.52. The number of nitrogens with zero attached hydrogens (tertiary/aromatic N) is 6. The van der Waals surface area contributed by atoms with Gasteiger partial charge in [0.25, 0.3) is 17.5 Å². The van der Waals surface area contributed by atoms with Crippen LogP contribution in [0.15, 0.2) is 89.5 Å². The van der Waals surface area contributed by atoms with Crippen molar-refractivity contribution in [3.8, 4) is 5.75 Å². The Bertz CT molecular complexity index is 3430. The maximum Gasteiger partial charge on any atom is 0.340 e. The number of unbranched alkanes of at least 4 members (excludes halogenated alkanes) is 2. The fraction of sp³-hybridized carbons (Fsp3) is 0.508. The van der Waals surface area contributed by atoms with Gasteiger partial charge in [-0.3, -0.25) is 49.0 Å². The third-order valence-corrected chi connectivity index (χ3v) is 20.3. The highest BCUT2D eigenvalue weighted by Gasteiger charge is 2.78. The normalized spacial score (nSPS) is 29.2. The smallest absolute Gasteiger partial charge is 0.340 e. The topological polar surface area (TPSA) is 208 Å². The fourth-order valence-corrected chi connectivity index (χ4v) is 16.4. The van der Waals surface area contributed by atoms with Gasteiger partial charge in [-0.05, 0) is 118 Å². The number of H-pyrrole nitrogens is 1. The molecule has 82 heavy (non-hydrogen) atoms. The Morgan fingerprint density at radius 3 is 2.48 bits per heavy atom. The quantitative estimate of drug-likeness (QED) is 0.0140. The van der Waals surface area contributed by atoms with E-state index in [-0.39, 0.29) is 66.7 Å². The Morgan fingerprint density at radius 2 is 1.76 bits per heavy atom. The average molecular weight is 1120 g/mol. The number of amides is 2. The third-order valence-electron chi connectivity index (χ3n) is 20.3. The summed E-state index contributed by atoms with van der Waals surface area (Å²) in [4.78, 5) is 93.9. The number of nitro benzene ring substituents is 1. The van der Waals surface area contributed by atoms with E-state index in [1.807, 2.05) is 27.0 Å². The minimum Gasteiger partial charge on any atom is -0.496 e. The van der Waals surface area contributed by atoms with Gasteiger partial charge >= 0.3 is 5.97 Å². The first kappa shape index (κ1) is 56.8. The molecule has 2 amide bonds. The van der Waals surface area contributed by atoms with Crippen LogP contribution in [-0.2, 0) is 47.6 Å². The zero-order valence-corrected chi connectivity index (χ0v) is 48.6. The standard InChI is InChI=1S/C65H77N7O10/c1-9-41-29-43-35-62(5,50-33-49-53(34-55(50)81-7)68(6)60-64(49)24-28-70-25-14-23-63(10-2,59(64)70)40(4)65(60,78)61(77)82-8)58-46(22-27-69(37-41)38-43)48-32-44(17-19-51(48)67-58)39(3)66-36-54(74)47-18-16-42(31-52(47)72(79)80)30-45(73)15-12-11-13-26-71-56(75)20-21-57(71)76/h14,16-21,23,29,31-34,40,43,59-60,67,78H,9-13,15,22,24-28,30,35-38H2,1-8H3/t40-,43-,59+,60-,62-,63+,64-,65-/m1/s1. The molecule has 1 saturated carbocycles. The highest BCUT2D eigenvalue weighted by molar-refractivity contribution is 6.13. The summed E-state index contributed by atoms with van der Waals surface area (Å²) in [7, 11) is 5.14. The molecule has 7 aliphatic rings. The van der Waals surface area contributed by atoms with Crippen LogP contribution in [0.2, 0.25) is 0 Å². The third kappa shape index (κ3) is 8.98. The van der Waals surface area contributed by atoms with Gasteiger partial charge in [-0.25, -0.2) is 4.79 Å². The lowest BCUT2D eigenvalue weighted by atomic mass is 9.45. The molecule has 1 aromatic heterocycles. The maximum atomic E-state index is 14.4. The number of Topliss-reactive ketones (excluding diaryl/α,β-unsaturated/α-hetero) is 2. The summed E-state index contributed by atoms with van der Waals surface area (Å²) in [5.74, 6) is -1.39. The molecule has 1 spiro atoms. The number of ketones is 2. The van der Waals surface area contributed by atoms with Crippen LogP contribution in [-0.4, -0.2) is 150 Å². The predicted molar refractivity (Wildman–Crippen MR) is 314 cm³/mol. The summed E-state index contributed by atoms with van der Waals surface area (Å²) in [5.41, 5.74) is 5.57. The SMILES string of the molecule is CCC1=C[C@H]2CN(CCc3c([nH]c4ccc(C(C)=NCC(=O)c5ccc(CC(=O)CCCCCN6C(=O)C=CC6=O)cc5[N+](=O)[O-])cc34)[C@@](C)(c3cc4c(cc3OC)N(C)[C@H]3[C@@](O)(C(=O)OC)[C@H](C)[C@]5(CC)C=CCN6CC[C@]43[C@@H]65)C2)C1. The van der Waals surface area contributed by atoms with Gasteiger partial charge in [-0.15, -0.1) is 0 Å². The molecule has 2 N–H and O–H groups in total. The number of carbonyl (C=O) groups excluding carboxylic acids is 5. The molecule has 1 unspecified atom stereocenters. The first-order chi connectivity index (χ1) is 39.3. The molecule has 2 bridgehead atoms. The number of benzene rings is 3. The Kier molecular flexibility index (Phi) is 14.9. The predicted octanol–water partition coefficient (Wildman–Crippen LogP) is 8.54. The van der Waals surface area contributed by atoms with Crippen molar-refractivity contribution in [2.45, 2.75) is 127 Å². The second kappa shape index (κ2) is 21.6. The number of esters is 1. The van der Waals surface area contributed by atoms with Gasteiger partial charge in [0.1, 0.15) is 18.1 Å². The Morgan fingerprint density at radius 1 is 0.976 bits per heavy atom. The number of hydrogen-bond acceptors (Lipinski definition) is 14. The van der Waals surface area contributed by atoms with Crippen LogP contribution < -0.4 is 9.64 Å². The molecular weight excluding hydrogens is 1040 g/mol. The van der Waals surface area contributed by atoms with Crippen molar-refractivity contribution in [3.63, 3.8) is 0 Å². The molecular formula is C65H77N7O10. The van der Waals surface area contributed by atoms with Gasteiger partial charge in [-0.2, -0.15) is 0 Å². The summed E-state index contributed by atoms with van der Waals surface area (Å²) >= 11 is 0. The lowest BCUT2D eigenvalue weighted by molar-refractivity contribution is -0.385. The van der Waals surface area contributed by atoms with E-state index in [4.69, 9.17) is 14.5 Å². The van der Waals surface area contributed by atoms with E-state index in [1.165, 1.54) is 47.4 Å². The molecule has 0 radical (unpaired) electrons. The van der Waals surface area contributed by atoms with E-state index >= 15 is 0 Å². The second-order valence-corrected chi connectivity index (χ2v) is 24.5. The van der Waals surface area contributed by atoms with Crippen molar-refractivity contribution in [1.82, 2.24) is 19.7 Å². The highest BCUT2D eigenvalue weighted by Crippen LogP contribution is 2.69. The largest absolute Gasteiger partial charge is 0.496 e. The van der Waals surface area contributed by atoms with Crippen LogP contribution >= 0.6 is 0 Å². The minimum absolute atomic E-state index is 0.0163. The van der Waals surface area contributed by atoms with E-state index in [9.17, 15) is 39.2 Å². The number of methoxy groups -OCH3 is 2. The fourth-order valence-electron chi connectivity index (χ4n) is 16.4. The van der Waals surface area contributed by atoms with Gasteiger partial charge in [0.05, 0.1) is 30.7 Å². The minimum atomic E-state index is -1.83. The van der Waals surface area contributed by atoms with Crippen molar-refractivity contribution in [1.29, 1.82) is 0 Å². The molecule has 1 saturated heterocycles. The van der Waals surface area contributed by atoms with E-state index < -0.39 is 50.5 Å². The second-order valence-electron chi connectivity index (χ2n) is 24.5. The number of aromatic nitrogens is 1. The Balaban J connectivity index is 0.917. The van der Waals surface area contributed by atoms with E-state index in [0.717, 1.165) is 110 Å². The number of aliphatic imine (C=N–C) groups is 1. The van der Waals surface area contributed by atoms with Crippen molar-refractivity contribution in [3.05, 3.63) is 134 Å². The molecule has 17 heteroatoms. The van der Waals surface area contributed by atoms with Crippen LogP contribution in [0.3, 0.4) is 0 Å². The number of aliphatic hydroxyl groups is 1. The van der Waals surface area contributed by atoms with E-state index in [0.29, 0.717) is 30.5 Å². The number of hydrogen-bond donors (Lipinski definition) is 2. The van der Waals surface area contributed by atoms with Crippen LogP contribution in [0, 0.1) is 27.4 Å². The zero-order chi connectivity index (χ0) is 58.2. The first-order valence-corrected chi connectivity index (χ1v) is 29.4. The zero-order valence-electron chi connectivity index (χ0n) is 48.6. The summed E-state index contributed by atoms with van der Waals surface area (Å²) in [6.45, 7) is 14.9. The number of nitrogens with one attached hydrogen (secondary N) is 1. The van der Waals surface area contributed by atoms with Crippen LogP contribution in [0.1, 0.15) is 130 Å². The number of likely N-dealkylation sites (N-methyl/N-ethyl adjacent to an activating group) is 1. The monoisotopic (exact) mass is 1120 g/mol. The van der Waals surface area contributed by atoms with Crippen LogP contribution in [0.25, 0.3) is 10.9 Å². The number of rotatable bonds is 18. The van der Waals surface area contributed by atoms with Crippen LogP contribution in [0.4, 0.5) is 11.4 Å². The van der Waals surface area contributed by atoms with Gasteiger partial charge in [0.15, 0.2) is 11.4 Å². The van der Waals surface area contributed by atoms with Gasteiger partial charge in [0, 0.05) is 139 Å². The highest BCUT2D eigenvalue weighted by atomic mass is 16.6. The van der Waals surface area contributed by atoms with Gasteiger partial charge in [-0.1, -0.05) is 63.1 Å². The molecule has 7 heterocycles. The number of ether oxygens (including phenoxy) is 2. The van der Waals surface area contributed by atoms with Crippen molar-refractivity contribution >= 4 is 57.3 Å². The molecule has 1 aliphatic carbocycles. The van der Waals surface area contributed by atoms with Gasteiger partial charge in [0.2, 0.25) is 0 Å². The lowest BCUT2D eigenvalue weighted by Crippen LogP contribution is -2.78. The number of nitro groups is 1. The summed E-state index contributed by atoms with van der Waals surface area (Å²) in [6, 6.07) is 14.5. The van der Waals surface area contributed by atoms with Gasteiger partial charge < -0.3 is 24.5 Å². The summed E-state index contributed by atoms with van der Waals surface area (Å²) in [5, 5.41) is 26.8. The maximum absolute atomic E-state index is 14.4. The number of imide groups is 1. The van der Waals surface area contributed by atoms with E-state index in [2.05, 4.69) is 82.9 Å². The molecule has 432 valence electrons. The molecule has 17 nitrogen and oxygen atoms in total. The molecule has 4 aromatic rings. The van der Waals surface area contributed by atoms with E-state index in [1.54, 1.807) is 13.2 Å². The van der Waals surface area contributed by atoms with Crippen molar-refractivity contribution in [2.24, 2.45) is 22.2 Å². The first-order valence-electron chi connectivity index (χ1n) is 29.4. The van der Waals surface area contributed by atoms with Crippen molar-refractivity contribution < 1.29 is 43.5 Å². The van der Waals surface area contributed by atoms with Crippen molar-refractivity contribution in [2.75, 3.05) is 72.0 Å². The number of fused-ring (bicyclic) bond motifs is 6. The molecule has 11 rings (SSSR count). The molecule has 9 atom stereocenters. The lowest BCUT2D eigenvalue weighted by Gasteiger charge is -2.64.